The molecule has 0 bridgehead atoms. The molecule has 0 saturated carbocycles. The molecular weight excluding hydrogens is 224 g/mol. The summed E-state index contributed by atoms with van der Waals surface area (Å²) in [7, 11) is 1.45. The molecule has 1 aromatic carbocycles. The Morgan fingerprint density at radius 1 is 1.53 bits per heavy atom. The number of hydrogen-bond donors (Lipinski definition) is 3. The number of aromatic hydroxyl groups is 1. The van der Waals surface area contributed by atoms with E-state index in [9.17, 15) is 9.90 Å². The smallest absolute Gasteiger partial charge is 0.292 e. The average molecular weight is 234 g/mol. The normalized spacial score (nSPS) is 9.94. The summed E-state index contributed by atoms with van der Waals surface area (Å²) < 4.78 is 4.89. The summed E-state index contributed by atoms with van der Waals surface area (Å²) in [6.45, 7) is 0. The summed E-state index contributed by atoms with van der Waals surface area (Å²) in [6.07, 6.45) is 1.24. The first-order chi connectivity index (χ1) is 8.20. The van der Waals surface area contributed by atoms with Crippen molar-refractivity contribution in [1.82, 2.24) is 15.2 Å². The molecule has 0 aliphatic rings. The van der Waals surface area contributed by atoms with Gasteiger partial charge in [-0.1, -0.05) is 0 Å². The van der Waals surface area contributed by atoms with Crippen LogP contribution in [-0.4, -0.2) is 33.3 Å². The SMILES string of the molecule is COc1ccc(NC(=O)c2ncn[nH]2)cc1O. The van der Waals surface area contributed by atoms with Crippen LogP contribution in [0.3, 0.4) is 0 Å². The van der Waals surface area contributed by atoms with Crippen LogP contribution in [0.1, 0.15) is 10.6 Å². The first-order valence-corrected chi connectivity index (χ1v) is 4.74. The molecule has 0 spiro atoms. The van der Waals surface area contributed by atoms with Gasteiger partial charge >= 0.3 is 0 Å². The number of aromatic amines is 1. The van der Waals surface area contributed by atoms with E-state index >= 15 is 0 Å². The van der Waals surface area contributed by atoms with Gasteiger partial charge in [0.1, 0.15) is 6.33 Å². The summed E-state index contributed by atoms with van der Waals surface area (Å²) in [5.41, 5.74) is 0.435. The van der Waals surface area contributed by atoms with Gasteiger partial charge in [0.25, 0.3) is 5.91 Å². The van der Waals surface area contributed by atoms with Crippen molar-refractivity contribution in [3.8, 4) is 11.5 Å². The van der Waals surface area contributed by atoms with E-state index in [-0.39, 0.29) is 11.6 Å². The van der Waals surface area contributed by atoms with Crippen LogP contribution < -0.4 is 10.1 Å². The van der Waals surface area contributed by atoms with Crippen molar-refractivity contribution in [3.63, 3.8) is 0 Å². The van der Waals surface area contributed by atoms with Gasteiger partial charge in [0.05, 0.1) is 7.11 Å². The summed E-state index contributed by atoms with van der Waals surface area (Å²) in [6, 6.07) is 4.53. The van der Waals surface area contributed by atoms with Crippen molar-refractivity contribution in [3.05, 3.63) is 30.4 Å². The zero-order valence-corrected chi connectivity index (χ0v) is 8.97. The van der Waals surface area contributed by atoms with E-state index in [1.54, 1.807) is 12.1 Å². The molecule has 1 heterocycles. The molecule has 2 rings (SSSR count). The third kappa shape index (κ3) is 2.33. The Hall–Kier alpha value is -2.57. The molecule has 17 heavy (non-hydrogen) atoms. The Morgan fingerprint density at radius 2 is 2.35 bits per heavy atom. The fourth-order valence-corrected chi connectivity index (χ4v) is 1.27. The second-order valence-electron chi connectivity index (χ2n) is 3.17. The van der Waals surface area contributed by atoms with Crippen LogP contribution in [0.15, 0.2) is 24.5 Å². The fraction of sp³-hybridized carbons (Fsp3) is 0.100. The number of ether oxygens (including phenoxy) is 1. The standard InChI is InChI=1S/C10H10N4O3/c1-17-8-3-2-6(4-7(8)15)13-10(16)9-11-5-12-14-9/h2-5,15H,1H3,(H,13,16)(H,11,12,14). The number of amides is 1. The topological polar surface area (TPSA) is 100 Å². The molecule has 0 aliphatic carbocycles. The zero-order valence-electron chi connectivity index (χ0n) is 8.97. The van der Waals surface area contributed by atoms with Crippen molar-refractivity contribution in [2.75, 3.05) is 12.4 Å². The van der Waals surface area contributed by atoms with E-state index in [1.807, 2.05) is 0 Å². The quantitative estimate of drug-likeness (QED) is 0.728. The Morgan fingerprint density at radius 3 is 2.94 bits per heavy atom. The number of benzene rings is 1. The maximum Gasteiger partial charge on any atom is 0.292 e. The monoisotopic (exact) mass is 234 g/mol. The van der Waals surface area contributed by atoms with Gasteiger partial charge in [0.2, 0.25) is 5.82 Å². The minimum Gasteiger partial charge on any atom is -0.504 e. The van der Waals surface area contributed by atoms with E-state index in [1.165, 1.54) is 19.5 Å². The van der Waals surface area contributed by atoms with Crippen LogP contribution in [0.5, 0.6) is 11.5 Å². The highest BCUT2D eigenvalue weighted by Crippen LogP contribution is 2.28. The van der Waals surface area contributed by atoms with E-state index in [0.29, 0.717) is 11.4 Å². The van der Waals surface area contributed by atoms with E-state index < -0.39 is 5.91 Å². The maximum atomic E-state index is 11.6. The number of carbonyl (C=O) groups is 1. The summed E-state index contributed by atoms with van der Waals surface area (Å²) >= 11 is 0. The lowest BCUT2D eigenvalue weighted by atomic mass is 10.2. The lowest BCUT2D eigenvalue weighted by Crippen LogP contribution is -2.13. The minimum atomic E-state index is -0.438. The van der Waals surface area contributed by atoms with Crippen LogP contribution >= 0.6 is 0 Å². The molecule has 2 aromatic rings. The molecular formula is C10H10N4O3. The van der Waals surface area contributed by atoms with E-state index in [4.69, 9.17) is 4.74 Å². The number of H-pyrrole nitrogens is 1. The third-order valence-electron chi connectivity index (χ3n) is 2.07. The average Bonchev–Trinajstić information content (AvgIpc) is 2.82. The number of nitrogens with zero attached hydrogens (tertiary/aromatic N) is 2. The number of carbonyl (C=O) groups excluding carboxylic acids is 1. The Balaban J connectivity index is 2.14. The molecule has 7 nitrogen and oxygen atoms in total. The molecule has 1 aromatic heterocycles. The number of aromatic nitrogens is 3. The highest BCUT2D eigenvalue weighted by atomic mass is 16.5. The lowest BCUT2D eigenvalue weighted by Gasteiger charge is -2.06. The van der Waals surface area contributed by atoms with E-state index in [0.717, 1.165) is 0 Å². The first kappa shape index (κ1) is 10.9. The molecule has 0 saturated heterocycles. The number of anilines is 1. The van der Waals surface area contributed by atoms with Crippen LogP contribution in [0.25, 0.3) is 0 Å². The fourth-order valence-electron chi connectivity index (χ4n) is 1.27. The molecule has 0 aliphatic heterocycles. The molecule has 0 unspecified atom stereocenters. The molecule has 0 fully saturated rings. The number of phenolic OH excluding ortho intramolecular Hbond substituents is 1. The lowest BCUT2D eigenvalue weighted by molar-refractivity contribution is 0.101. The molecule has 3 N–H and O–H groups in total. The van der Waals surface area contributed by atoms with Gasteiger partial charge in [-0.05, 0) is 12.1 Å². The largest absolute Gasteiger partial charge is 0.504 e. The molecule has 1 amide bonds. The van der Waals surface area contributed by atoms with E-state index in [2.05, 4.69) is 20.5 Å². The number of methoxy groups -OCH3 is 1. The van der Waals surface area contributed by atoms with Crippen molar-refractivity contribution in [2.24, 2.45) is 0 Å². The third-order valence-corrected chi connectivity index (χ3v) is 2.07. The minimum absolute atomic E-state index is 0.0529. The zero-order chi connectivity index (χ0) is 12.3. The molecule has 0 radical (unpaired) electrons. The van der Waals surface area contributed by atoms with Gasteiger partial charge < -0.3 is 15.2 Å². The van der Waals surface area contributed by atoms with Crippen molar-refractivity contribution in [2.45, 2.75) is 0 Å². The van der Waals surface area contributed by atoms with Crippen LogP contribution in [-0.2, 0) is 0 Å². The highest BCUT2D eigenvalue weighted by molar-refractivity contribution is 6.01. The van der Waals surface area contributed by atoms with Crippen molar-refractivity contribution in [1.29, 1.82) is 0 Å². The molecule has 88 valence electrons. The van der Waals surface area contributed by atoms with Crippen LogP contribution in [0, 0.1) is 0 Å². The van der Waals surface area contributed by atoms with Crippen LogP contribution in [0.2, 0.25) is 0 Å². The Bertz CT molecular complexity index is 524. The van der Waals surface area contributed by atoms with Crippen molar-refractivity contribution >= 4 is 11.6 Å². The molecule has 0 atom stereocenters. The summed E-state index contributed by atoms with van der Waals surface area (Å²) in [4.78, 5) is 15.3. The second kappa shape index (κ2) is 4.52. The van der Waals surface area contributed by atoms with Crippen LogP contribution in [0.4, 0.5) is 5.69 Å². The van der Waals surface area contributed by atoms with Gasteiger partial charge in [-0.25, -0.2) is 4.98 Å². The van der Waals surface area contributed by atoms with Gasteiger partial charge in [0, 0.05) is 11.8 Å². The maximum absolute atomic E-state index is 11.6. The van der Waals surface area contributed by atoms with Gasteiger partial charge in [-0.3, -0.25) is 9.89 Å². The number of rotatable bonds is 3. The predicted octanol–water partition coefficient (Wildman–Crippen LogP) is 0.771. The molecule has 7 heteroatoms. The summed E-state index contributed by atoms with van der Waals surface area (Å²) in [5, 5.41) is 18.1. The summed E-state index contributed by atoms with van der Waals surface area (Å²) in [5.74, 6) is -0.0575. The van der Waals surface area contributed by atoms with Crippen molar-refractivity contribution < 1.29 is 14.6 Å². The highest BCUT2D eigenvalue weighted by Gasteiger charge is 2.10. The predicted molar refractivity (Wildman–Crippen MR) is 59.0 cm³/mol. The first-order valence-electron chi connectivity index (χ1n) is 4.74. The Kier molecular flexibility index (Phi) is 2.91. The number of hydrogen-bond acceptors (Lipinski definition) is 5. The second-order valence-corrected chi connectivity index (χ2v) is 3.17. The Labute approximate surface area is 96.5 Å². The van der Waals surface area contributed by atoms with Gasteiger partial charge in [-0.15, -0.1) is 0 Å². The number of phenols is 1. The number of nitrogens with one attached hydrogen (secondary N) is 2. The van der Waals surface area contributed by atoms with Gasteiger partial charge in [-0.2, -0.15) is 5.10 Å². The van der Waals surface area contributed by atoms with Gasteiger partial charge in [0.15, 0.2) is 11.5 Å².